The lowest BCUT2D eigenvalue weighted by atomic mass is 10.1. The Hall–Kier alpha value is -2.23. The number of nitrogens with zero attached hydrogens (tertiary/aromatic N) is 2. The Morgan fingerprint density at radius 1 is 1.15 bits per heavy atom. The van der Waals surface area contributed by atoms with Crippen molar-refractivity contribution in [2.75, 3.05) is 0 Å². The molecule has 1 N–H and O–H groups in total. The van der Waals surface area contributed by atoms with Crippen molar-refractivity contribution in [1.29, 1.82) is 5.26 Å². The monoisotopic (exact) mass is 287 g/mol. The second kappa shape index (κ2) is 6.28. The van der Waals surface area contributed by atoms with Crippen LogP contribution in [0.2, 0.25) is 0 Å². The summed E-state index contributed by atoms with van der Waals surface area (Å²) in [5.74, 6) is -0.219. The Morgan fingerprint density at radius 3 is 2.60 bits per heavy atom. The summed E-state index contributed by atoms with van der Waals surface area (Å²) in [7, 11) is -3.51. The second-order valence-corrected chi connectivity index (χ2v) is 5.98. The molecule has 0 unspecified atom stereocenters. The van der Waals surface area contributed by atoms with Gasteiger partial charge >= 0.3 is 0 Å². The Balaban J connectivity index is 2.06. The molecule has 1 aromatic heterocycles. The van der Waals surface area contributed by atoms with Gasteiger partial charge < -0.3 is 0 Å². The third-order valence-corrected chi connectivity index (χ3v) is 3.96. The van der Waals surface area contributed by atoms with E-state index in [4.69, 9.17) is 5.26 Å². The van der Waals surface area contributed by atoms with Crippen molar-refractivity contribution in [2.24, 2.45) is 0 Å². The number of sulfonamides is 1. The largest absolute Gasteiger partial charge is 0.260 e. The molecule has 6 heteroatoms. The van der Waals surface area contributed by atoms with Crippen LogP contribution in [0.4, 0.5) is 0 Å². The second-order valence-electron chi connectivity index (χ2n) is 4.17. The molecule has 1 heterocycles. The number of nitrogens with one attached hydrogen (secondary N) is 1. The van der Waals surface area contributed by atoms with Gasteiger partial charge in [-0.15, -0.1) is 0 Å². The molecular weight excluding hydrogens is 274 g/mol. The first-order valence-electron chi connectivity index (χ1n) is 5.96. The van der Waals surface area contributed by atoms with Crippen molar-refractivity contribution in [3.63, 3.8) is 0 Å². The van der Waals surface area contributed by atoms with Crippen molar-refractivity contribution in [1.82, 2.24) is 9.71 Å². The van der Waals surface area contributed by atoms with Gasteiger partial charge in [-0.3, -0.25) is 4.98 Å². The number of nitriles is 1. The number of aromatic nitrogens is 1. The van der Waals surface area contributed by atoms with E-state index in [0.29, 0.717) is 16.8 Å². The van der Waals surface area contributed by atoms with Crippen LogP contribution >= 0.6 is 0 Å². The first-order chi connectivity index (χ1) is 9.61. The number of hydrogen-bond donors (Lipinski definition) is 1. The average molecular weight is 287 g/mol. The summed E-state index contributed by atoms with van der Waals surface area (Å²) in [5.41, 5.74) is 1.50. The molecule has 0 spiro atoms. The van der Waals surface area contributed by atoms with Crippen LogP contribution < -0.4 is 4.72 Å². The highest BCUT2D eigenvalue weighted by Crippen LogP contribution is 2.11. The number of benzene rings is 1. The summed E-state index contributed by atoms with van der Waals surface area (Å²) in [6.07, 6.45) is 1.61. The van der Waals surface area contributed by atoms with Crippen LogP contribution in [-0.2, 0) is 22.3 Å². The van der Waals surface area contributed by atoms with E-state index in [-0.39, 0.29) is 12.3 Å². The van der Waals surface area contributed by atoms with E-state index in [9.17, 15) is 8.42 Å². The molecule has 5 nitrogen and oxygen atoms in total. The molecular formula is C14H13N3O2S. The fraction of sp³-hybridized carbons (Fsp3) is 0.143. The topological polar surface area (TPSA) is 82.8 Å². The molecule has 2 rings (SSSR count). The van der Waals surface area contributed by atoms with Gasteiger partial charge in [0.2, 0.25) is 10.0 Å². The zero-order valence-corrected chi connectivity index (χ0v) is 11.5. The molecule has 1 aromatic carbocycles. The molecule has 102 valence electrons. The Morgan fingerprint density at radius 2 is 1.90 bits per heavy atom. The van der Waals surface area contributed by atoms with Crippen molar-refractivity contribution in [2.45, 2.75) is 12.3 Å². The maximum Gasteiger partial charge on any atom is 0.216 e. The van der Waals surface area contributed by atoms with Crippen LogP contribution in [0.5, 0.6) is 0 Å². The highest BCUT2D eigenvalue weighted by atomic mass is 32.2. The summed E-state index contributed by atoms with van der Waals surface area (Å²) < 4.78 is 26.5. The molecule has 0 radical (unpaired) electrons. The van der Waals surface area contributed by atoms with Gasteiger partial charge in [0.05, 0.1) is 29.6 Å². The van der Waals surface area contributed by atoms with Gasteiger partial charge in [-0.1, -0.05) is 24.3 Å². The standard InChI is InChI=1S/C14H13N3O2S/c15-9-12-5-1-2-6-13(12)11-20(18,19)17-10-14-7-3-4-8-16-14/h1-8,17H,10-11H2. The smallest absolute Gasteiger partial charge is 0.216 e. The SMILES string of the molecule is N#Cc1ccccc1CS(=O)(=O)NCc1ccccn1. The normalized spacial score (nSPS) is 10.9. The first kappa shape index (κ1) is 14.2. The summed E-state index contributed by atoms with van der Waals surface area (Å²) in [4.78, 5) is 4.04. The molecule has 2 aromatic rings. The van der Waals surface area contributed by atoms with Crippen molar-refractivity contribution >= 4 is 10.0 Å². The third-order valence-electron chi connectivity index (χ3n) is 2.68. The summed E-state index contributed by atoms with van der Waals surface area (Å²) >= 11 is 0. The van der Waals surface area contributed by atoms with Gasteiger partial charge in [0.1, 0.15) is 0 Å². The molecule has 0 aliphatic carbocycles. The van der Waals surface area contributed by atoms with Crippen LogP contribution in [0, 0.1) is 11.3 Å². The zero-order valence-electron chi connectivity index (χ0n) is 10.7. The van der Waals surface area contributed by atoms with Gasteiger partial charge in [0.25, 0.3) is 0 Å². The van der Waals surface area contributed by atoms with Gasteiger partial charge in [0.15, 0.2) is 0 Å². The van der Waals surface area contributed by atoms with E-state index in [1.807, 2.05) is 6.07 Å². The minimum atomic E-state index is -3.51. The van der Waals surface area contributed by atoms with E-state index in [1.165, 1.54) is 0 Å². The number of hydrogen-bond acceptors (Lipinski definition) is 4. The summed E-state index contributed by atoms with van der Waals surface area (Å²) in [6, 6.07) is 13.9. The predicted octanol–water partition coefficient (Wildman–Crippen LogP) is 1.57. The van der Waals surface area contributed by atoms with E-state index < -0.39 is 10.0 Å². The van der Waals surface area contributed by atoms with Crippen LogP contribution in [-0.4, -0.2) is 13.4 Å². The summed E-state index contributed by atoms with van der Waals surface area (Å²) in [5, 5.41) is 8.95. The number of rotatable bonds is 5. The van der Waals surface area contributed by atoms with Crippen LogP contribution in [0.1, 0.15) is 16.8 Å². The first-order valence-corrected chi connectivity index (χ1v) is 7.61. The van der Waals surface area contributed by atoms with Gasteiger partial charge in [-0.2, -0.15) is 5.26 Å². The molecule has 20 heavy (non-hydrogen) atoms. The molecule has 0 saturated heterocycles. The Kier molecular flexibility index (Phi) is 4.45. The van der Waals surface area contributed by atoms with Crippen molar-refractivity contribution in [3.05, 3.63) is 65.5 Å². The molecule has 0 saturated carbocycles. The Labute approximate surface area is 118 Å². The lowest BCUT2D eigenvalue weighted by Crippen LogP contribution is -2.25. The van der Waals surface area contributed by atoms with E-state index in [0.717, 1.165) is 0 Å². The van der Waals surface area contributed by atoms with E-state index in [1.54, 1.807) is 48.7 Å². The van der Waals surface area contributed by atoms with Crippen LogP contribution in [0.15, 0.2) is 48.7 Å². The van der Waals surface area contributed by atoms with E-state index >= 15 is 0 Å². The number of pyridine rings is 1. The molecule has 0 atom stereocenters. The predicted molar refractivity (Wildman–Crippen MR) is 74.9 cm³/mol. The highest BCUT2D eigenvalue weighted by molar-refractivity contribution is 7.88. The minimum Gasteiger partial charge on any atom is -0.260 e. The fourth-order valence-electron chi connectivity index (χ4n) is 1.70. The van der Waals surface area contributed by atoms with E-state index in [2.05, 4.69) is 9.71 Å². The quantitative estimate of drug-likeness (QED) is 0.905. The van der Waals surface area contributed by atoms with Gasteiger partial charge in [0, 0.05) is 6.20 Å². The minimum absolute atomic E-state index is 0.137. The molecule has 0 amide bonds. The maximum absolute atomic E-state index is 12.0. The highest BCUT2D eigenvalue weighted by Gasteiger charge is 2.14. The molecule has 0 aliphatic heterocycles. The van der Waals surface area contributed by atoms with Crippen LogP contribution in [0.25, 0.3) is 0 Å². The average Bonchev–Trinajstić information content (AvgIpc) is 2.47. The zero-order chi connectivity index (χ0) is 14.4. The molecule has 0 fully saturated rings. The molecule has 0 aliphatic rings. The van der Waals surface area contributed by atoms with Crippen molar-refractivity contribution in [3.8, 4) is 6.07 Å². The fourth-order valence-corrected chi connectivity index (χ4v) is 2.83. The van der Waals surface area contributed by atoms with Gasteiger partial charge in [-0.05, 0) is 23.8 Å². The summed E-state index contributed by atoms with van der Waals surface area (Å²) in [6.45, 7) is 0.137. The van der Waals surface area contributed by atoms with Crippen molar-refractivity contribution < 1.29 is 8.42 Å². The molecule has 0 bridgehead atoms. The maximum atomic E-state index is 12.0. The third kappa shape index (κ3) is 3.88. The lowest BCUT2D eigenvalue weighted by molar-refractivity contribution is 0.579. The van der Waals surface area contributed by atoms with Gasteiger partial charge in [-0.25, -0.2) is 13.1 Å². The van der Waals surface area contributed by atoms with Crippen LogP contribution in [0.3, 0.4) is 0 Å². The Bertz CT molecular complexity index is 722. The lowest BCUT2D eigenvalue weighted by Gasteiger charge is -2.07.